The topological polar surface area (TPSA) is 41.6 Å². The molecule has 4 heteroatoms. The van der Waals surface area contributed by atoms with E-state index in [9.17, 15) is 4.79 Å². The second-order valence-electron chi connectivity index (χ2n) is 5.80. The van der Waals surface area contributed by atoms with Crippen LogP contribution < -0.4 is 5.43 Å². The molecule has 1 fully saturated rings. The first-order valence-corrected chi connectivity index (χ1v) is 7.26. The summed E-state index contributed by atoms with van der Waals surface area (Å²) in [6.45, 7) is 2.13. The lowest BCUT2D eigenvalue weighted by molar-refractivity contribution is 0.0580. The van der Waals surface area contributed by atoms with E-state index in [1.807, 2.05) is 0 Å². The average molecular weight is 276 g/mol. The summed E-state index contributed by atoms with van der Waals surface area (Å²) in [5, 5.41) is 1.60. The van der Waals surface area contributed by atoms with Gasteiger partial charge < -0.3 is 4.74 Å². The number of ether oxygens (including phenoxy) is 1. The van der Waals surface area contributed by atoms with E-state index < -0.39 is 0 Å². The van der Waals surface area contributed by atoms with E-state index in [2.05, 4.69) is 36.6 Å². The zero-order chi connectivity index (χ0) is 14.5. The van der Waals surface area contributed by atoms with Gasteiger partial charge >= 0.3 is 6.09 Å². The van der Waals surface area contributed by atoms with E-state index in [-0.39, 0.29) is 12.2 Å². The first-order valence-electron chi connectivity index (χ1n) is 7.26. The van der Waals surface area contributed by atoms with Crippen molar-refractivity contribution in [3.63, 3.8) is 0 Å². The van der Waals surface area contributed by atoms with Gasteiger partial charge in [0.2, 0.25) is 0 Å². The van der Waals surface area contributed by atoms with Gasteiger partial charge in [-0.1, -0.05) is 29.8 Å². The number of hydrogen-bond donors (Lipinski definition) is 1. The molecule has 0 spiro atoms. The van der Waals surface area contributed by atoms with E-state index >= 15 is 0 Å². The normalized spacial score (nSPS) is 22.6. The molecule has 2 rings (SSSR count). The van der Waals surface area contributed by atoms with Crippen LogP contribution in [-0.4, -0.2) is 31.3 Å². The third-order valence-electron chi connectivity index (χ3n) is 3.78. The van der Waals surface area contributed by atoms with Crippen LogP contribution in [0, 0.1) is 6.92 Å². The van der Waals surface area contributed by atoms with Gasteiger partial charge in [0.25, 0.3) is 0 Å². The fourth-order valence-corrected chi connectivity index (χ4v) is 2.80. The number of rotatable bonds is 3. The van der Waals surface area contributed by atoms with Crippen LogP contribution in [-0.2, 0) is 4.74 Å². The second-order valence-corrected chi connectivity index (χ2v) is 5.80. The van der Waals surface area contributed by atoms with Crippen molar-refractivity contribution in [3.05, 3.63) is 35.4 Å². The molecule has 1 N–H and O–H groups in total. The second kappa shape index (κ2) is 6.75. The maximum absolute atomic E-state index is 11.5. The quantitative estimate of drug-likeness (QED) is 0.862. The van der Waals surface area contributed by atoms with E-state index in [0.29, 0.717) is 5.92 Å². The summed E-state index contributed by atoms with van der Waals surface area (Å²) in [7, 11) is 3.55. The van der Waals surface area contributed by atoms with Crippen molar-refractivity contribution in [2.24, 2.45) is 0 Å². The number of nitrogens with one attached hydrogen (secondary N) is 1. The SMILES string of the molecule is Cc1cccc(C2CCC(OC(=O)NN(C)C)CC2)c1. The van der Waals surface area contributed by atoms with Gasteiger partial charge in [0.15, 0.2) is 0 Å². The third kappa shape index (κ3) is 4.23. The molecule has 1 aliphatic rings. The van der Waals surface area contributed by atoms with Crippen molar-refractivity contribution < 1.29 is 9.53 Å². The molecule has 1 saturated carbocycles. The molecule has 20 heavy (non-hydrogen) atoms. The third-order valence-corrected chi connectivity index (χ3v) is 3.78. The highest BCUT2D eigenvalue weighted by Crippen LogP contribution is 2.34. The van der Waals surface area contributed by atoms with Gasteiger partial charge in [0.05, 0.1) is 0 Å². The molecule has 0 unspecified atom stereocenters. The molecule has 0 radical (unpaired) electrons. The van der Waals surface area contributed by atoms with E-state index in [4.69, 9.17) is 4.74 Å². The minimum Gasteiger partial charge on any atom is -0.445 e. The molecule has 1 aliphatic carbocycles. The van der Waals surface area contributed by atoms with Crippen LogP contribution in [0.4, 0.5) is 4.79 Å². The molecule has 1 aromatic rings. The Balaban J connectivity index is 1.82. The summed E-state index contributed by atoms with van der Waals surface area (Å²) >= 11 is 0. The van der Waals surface area contributed by atoms with Gasteiger partial charge in [-0.05, 0) is 44.1 Å². The smallest absolute Gasteiger partial charge is 0.422 e. The summed E-state index contributed by atoms with van der Waals surface area (Å²) in [5.41, 5.74) is 5.34. The molecule has 0 aliphatic heterocycles. The highest BCUT2D eigenvalue weighted by atomic mass is 16.6. The monoisotopic (exact) mass is 276 g/mol. The number of benzene rings is 1. The van der Waals surface area contributed by atoms with Gasteiger partial charge in [-0.25, -0.2) is 9.80 Å². The van der Waals surface area contributed by atoms with E-state index in [0.717, 1.165) is 25.7 Å². The first-order chi connectivity index (χ1) is 9.54. The van der Waals surface area contributed by atoms with Crippen LogP contribution in [0.1, 0.15) is 42.7 Å². The van der Waals surface area contributed by atoms with Crippen molar-refractivity contribution in [1.29, 1.82) is 0 Å². The molecular formula is C16H24N2O2. The van der Waals surface area contributed by atoms with E-state index in [1.54, 1.807) is 19.1 Å². The Morgan fingerprint density at radius 2 is 1.95 bits per heavy atom. The number of nitrogens with zero attached hydrogens (tertiary/aromatic N) is 1. The number of hydrogen-bond acceptors (Lipinski definition) is 3. The Bertz CT molecular complexity index is 452. The summed E-state index contributed by atoms with van der Waals surface area (Å²) in [6.07, 6.45) is 3.76. The van der Waals surface area contributed by atoms with Gasteiger partial charge in [0.1, 0.15) is 6.10 Å². The van der Waals surface area contributed by atoms with Crippen molar-refractivity contribution in [2.75, 3.05) is 14.1 Å². The largest absolute Gasteiger partial charge is 0.445 e. The molecule has 0 saturated heterocycles. The van der Waals surface area contributed by atoms with Crippen LogP contribution in [0.15, 0.2) is 24.3 Å². The van der Waals surface area contributed by atoms with Crippen LogP contribution in [0.25, 0.3) is 0 Å². The molecule has 110 valence electrons. The Labute approximate surface area is 121 Å². The number of carbonyl (C=O) groups is 1. The fourth-order valence-electron chi connectivity index (χ4n) is 2.80. The lowest BCUT2D eigenvalue weighted by Gasteiger charge is -2.29. The van der Waals surface area contributed by atoms with Crippen molar-refractivity contribution in [3.8, 4) is 0 Å². The van der Waals surface area contributed by atoms with Crippen LogP contribution in [0.5, 0.6) is 0 Å². The molecule has 0 heterocycles. The molecule has 0 atom stereocenters. The van der Waals surface area contributed by atoms with Crippen molar-refractivity contribution in [1.82, 2.24) is 10.4 Å². The zero-order valence-corrected chi connectivity index (χ0v) is 12.6. The fraction of sp³-hybridized carbons (Fsp3) is 0.562. The Hall–Kier alpha value is -1.55. The summed E-state index contributed by atoms with van der Waals surface area (Å²) in [4.78, 5) is 11.5. The number of carbonyl (C=O) groups excluding carboxylic acids is 1. The van der Waals surface area contributed by atoms with Gasteiger partial charge in [-0.2, -0.15) is 0 Å². The molecule has 1 amide bonds. The zero-order valence-electron chi connectivity index (χ0n) is 12.6. The van der Waals surface area contributed by atoms with Crippen LogP contribution in [0.3, 0.4) is 0 Å². The lowest BCUT2D eigenvalue weighted by Crippen LogP contribution is -2.39. The number of amides is 1. The van der Waals surface area contributed by atoms with Gasteiger partial charge in [-0.3, -0.25) is 5.43 Å². The average Bonchev–Trinajstić information content (AvgIpc) is 2.38. The Kier molecular flexibility index (Phi) is 5.01. The molecular weight excluding hydrogens is 252 g/mol. The summed E-state index contributed by atoms with van der Waals surface area (Å²) in [6, 6.07) is 8.73. The molecule has 1 aromatic carbocycles. The molecule has 4 nitrogen and oxygen atoms in total. The number of hydrazine groups is 1. The predicted molar refractivity (Wildman–Crippen MR) is 79.5 cm³/mol. The maximum Gasteiger partial charge on any atom is 0.422 e. The molecule has 0 aromatic heterocycles. The van der Waals surface area contributed by atoms with E-state index in [1.165, 1.54) is 11.1 Å². The first kappa shape index (κ1) is 14.9. The van der Waals surface area contributed by atoms with Gasteiger partial charge in [0, 0.05) is 14.1 Å². The summed E-state index contributed by atoms with van der Waals surface area (Å²) < 4.78 is 5.42. The highest BCUT2D eigenvalue weighted by Gasteiger charge is 2.25. The number of aryl methyl sites for hydroxylation is 1. The minimum atomic E-state index is -0.353. The maximum atomic E-state index is 11.5. The Morgan fingerprint density at radius 3 is 2.55 bits per heavy atom. The Morgan fingerprint density at radius 1 is 1.25 bits per heavy atom. The standard InChI is InChI=1S/C16H24N2O2/c1-12-5-4-6-14(11-12)13-7-9-15(10-8-13)20-16(19)17-18(2)3/h4-6,11,13,15H,7-10H2,1-3H3,(H,17,19). The summed E-state index contributed by atoms with van der Waals surface area (Å²) in [5.74, 6) is 0.603. The lowest BCUT2D eigenvalue weighted by atomic mass is 9.82. The van der Waals surface area contributed by atoms with Crippen molar-refractivity contribution in [2.45, 2.75) is 44.6 Å². The van der Waals surface area contributed by atoms with Crippen LogP contribution >= 0.6 is 0 Å². The van der Waals surface area contributed by atoms with Gasteiger partial charge in [-0.15, -0.1) is 0 Å². The minimum absolute atomic E-state index is 0.0519. The predicted octanol–water partition coefficient (Wildman–Crippen LogP) is 3.22. The molecule has 0 bridgehead atoms. The highest BCUT2D eigenvalue weighted by molar-refractivity contribution is 5.66. The van der Waals surface area contributed by atoms with Crippen LogP contribution in [0.2, 0.25) is 0 Å². The van der Waals surface area contributed by atoms with Crippen molar-refractivity contribution >= 4 is 6.09 Å².